The van der Waals surface area contributed by atoms with Gasteiger partial charge >= 0.3 is 12.3 Å². The third-order valence-electron chi connectivity index (χ3n) is 3.76. The number of ether oxygens (including phenoxy) is 2. The molecular formula is C16H20F3NO3. The van der Waals surface area contributed by atoms with Crippen LogP contribution in [0.4, 0.5) is 23.7 Å². The predicted molar refractivity (Wildman–Crippen MR) is 79.5 cm³/mol. The summed E-state index contributed by atoms with van der Waals surface area (Å²) in [5.41, 5.74) is 0.261. The molecule has 0 saturated heterocycles. The Kier molecular flexibility index (Phi) is 5.51. The van der Waals surface area contributed by atoms with E-state index in [9.17, 15) is 18.0 Å². The van der Waals surface area contributed by atoms with Crippen molar-refractivity contribution in [3.63, 3.8) is 0 Å². The molecule has 128 valence electrons. The molecular weight excluding hydrogens is 311 g/mol. The molecule has 1 aromatic carbocycles. The topological polar surface area (TPSA) is 38.8 Å². The van der Waals surface area contributed by atoms with Crippen LogP contribution in [-0.2, 0) is 22.1 Å². The highest BCUT2D eigenvalue weighted by atomic mass is 19.4. The maximum Gasteiger partial charge on any atom is 0.416 e. The van der Waals surface area contributed by atoms with Gasteiger partial charge in [0.25, 0.3) is 0 Å². The van der Waals surface area contributed by atoms with Crippen LogP contribution in [0.3, 0.4) is 0 Å². The highest BCUT2D eigenvalue weighted by molar-refractivity contribution is 5.90. The molecule has 1 unspecified atom stereocenters. The van der Waals surface area contributed by atoms with Crippen molar-refractivity contribution in [3.05, 3.63) is 29.3 Å². The summed E-state index contributed by atoms with van der Waals surface area (Å²) in [6, 6.07) is 3.20. The van der Waals surface area contributed by atoms with Gasteiger partial charge in [0.15, 0.2) is 0 Å². The Morgan fingerprint density at radius 2 is 2.13 bits per heavy atom. The Labute approximate surface area is 133 Å². The number of carbonyl (C=O) groups is 1. The average molecular weight is 331 g/mol. The number of alkyl halides is 3. The Bertz CT molecular complexity index is 560. The van der Waals surface area contributed by atoms with Crippen LogP contribution < -0.4 is 4.90 Å². The summed E-state index contributed by atoms with van der Waals surface area (Å²) in [5.74, 6) is 0. The number of anilines is 1. The fraction of sp³-hybridized carbons (Fsp3) is 0.562. The highest BCUT2D eigenvalue weighted by Gasteiger charge is 2.35. The predicted octanol–water partition coefficient (Wildman–Crippen LogP) is 4.02. The molecule has 1 aromatic rings. The lowest BCUT2D eigenvalue weighted by Gasteiger charge is -2.36. The molecule has 1 atom stereocenters. The van der Waals surface area contributed by atoms with Gasteiger partial charge < -0.3 is 9.47 Å². The maximum atomic E-state index is 12.9. The van der Waals surface area contributed by atoms with Crippen molar-refractivity contribution < 1.29 is 27.4 Å². The Morgan fingerprint density at radius 1 is 1.39 bits per heavy atom. The molecule has 1 aliphatic rings. The zero-order valence-corrected chi connectivity index (χ0v) is 13.2. The normalized spacial score (nSPS) is 17.8. The number of nitrogens with zero attached hydrogens (tertiary/aromatic N) is 1. The van der Waals surface area contributed by atoms with Crippen LogP contribution in [0.15, 0.2) is 18.2 Å². The summed E-state index contributed by atoms with van der Waals surface area (Å²) in [4.78, 5) is 13.7. The number of methoxy groups -OCH3 is 1. The van der Waals surface area contributed by atoms with Crippen molar-refractivity contribution in [1.82, 2.24) is 0 Å². The molecule has 23 heavy (non-hydrogen) atoms. The monoisotopic (exact) mass is 331 g/mol. The summed E-state index contributed by atoms with van der Waals surface area (Å²) < 4.78 is 48.9. The van der Waals surface area contributed by atoms with Crippen molar-refractivity contribution in [1.29, 1.82) is 0 Å². The SMILES string of the molecule is CCCOC(=O)N1c2ccc(C(F)(F)F)cc2CCC1COC. The molecule has 1 aliphatic heterocycles. The summed E-state index contributed by atoms with van der Waals surface area (Å²) in [7, 11) is 1.53. The number of amides is 1. The van der Waals surface area contributed by atoms with E-state index in [0.29, 0.717) is 37.1 Å². The molecule has 2 rings (SSSR count). The molecule has 0 aliphatic carbocycles. The van der Waals surface area contributed by atoms with Gasteiger partial charge in [0.2, 0.25) is 0 Å². The van der Waals surface area contributed by atoms with Crippen LogP contribution >= 0.6 is 0 Å². The van der Waals surface area contributed by atoms with Gasteiger partial charge in [-0.15, -0.1) is 0 Å². The van der Waals surface area contributed by atoms with Gasteiger partial charge in [0, 0.05) is 7.11 Å². The molecule has 4 nitrogen and oxygen atoms in total. The molecule has 0 saturated carbocycles. The van der Waals surface area contributed by atoms with E-state index >= 15 is 0 Å². The molecule has 0 bridgehead atoms. The van der Waals surface area contributed by atoms with Crippen molar-refractivity contribution >= 4 is 11.8 Å². The molecule has 0 spiro atoms. The van der Waals surface area contributed by atoms with Crippen LogP contribution in [-0.4, -0.2) is 32.5 Å². The number of hydrogen-bond donors (Lipinski definition) is 0. The standard InChI is InChI=1S/C16H20F3NO3/c1-3-8-23-15(21)20-13(10-22-2)6-4-11-9-12(16(17,18)19)5-7-14(11)20/h5,7,9,13H,3-4,6,8,10H2,1-2H3. The summed E-state index contributed by atoms with van der Waals surface area (Å²) >= 11 is 0. The summed E-state index contributed by atoms with van der Waals surface area (Å²) in [6.07, 6.45) is -3.27. The van der Waals surface area contributed by atoms with Gasteiger partial charge in [-0.25, -0.2) is 4.79 Å². The number of halogens is 3. The summed E-state index contributed by atoms with van der Waals surface area (Å²) in [5, 5.41) is 0. The minimum Gasteiger partial charge on any atom is -0.449 e. The maximum absolute atomic E-state index is 12.9. The zero-order chi connectivity index (χ0) is 17.0. The molecule has 1 heterocycles. The summed E-state index contributed by atoms with van der Waals surface area (Å²) in [6.45, 7) is 2.45. The van der Waals surface area contributed by atoms with E-state index in [4.69, 9.17) is 9.47 Å². The second-order valence-corrected chi connectivity index (χ2v) is 5.47. The molecule has 0 fully saturated rings. The molecule has 0 aromatic heterocycles. The number of benzene rings is 1. The Balaban J connectivity index is 2.35. The quantitative estimate of drug-likeness (QED) is 0.836. The van der Waals surface area contributed by atoms with Crippen LogP contribution in [0.2, 0.25) is 0 Å². The Morgan fingerprint density at radius 3 is 2.74 bits per heavy atom. The molecule has 7 heteroatoms. The number of carbonyl (C=O) groups excluding carboxylic acids is 1. The van der Waals surface area contributed by atoms with E-state index in [1.54, 1.807) is 0 Å². The van der Waals surface area contributed by atoms with Gasteiger partial charge in [0.05, 0.1) is 30.5 Å². The smallest absolute Gasteiger partial charge is 0.416 e. The van der Waals surface area contributed by atoms with Crippen LogP contribution in [0, 0.1) is 0 Å². The van der Waals surface area contributed by atoms with E-state index in [1.807, 2.05) is 6.92 Å². The number of rotatable bonds is 4. The van der Waals surface area contributed by atoms with Crippen molar-refractivity contribution in [3.8, 4) is 0 Å². The fourth-order valence-corrected chi connectivity index (χ4v) is 2.70. The molecule has 1 amide bonds. The van der Waals surface area contributed by atoms with Gasteiger partial charge in [-0.05, 0) is 43.0 Å². The third kappa shape index (κ3) is 3.96. The minimum atomic E-state index is -4.40. The van der Waals surface area contributed by atoms with Crippen molar-refractivity contribution in [2.75, 3.05) is 25.2 Å². The second kappa shape index (κ2) is 7.21. The first-order valence-corrected chi connectivity index (χ1v) is 7.53. The van der Waals surface area contributed by atoms with E-state index in [-0.39, 0.29) is 12.6 Å². The van der Waals surface area contributed by atoms with Crippen LogP contribution in [0.5, 0.6) is 0 Å². The van der Waals surface area contributed by atoms with Crippen molar-refractivity contribution in [2.45, 2.75) is 38.4 Å². The number of fused-ring (bicyclic) bond motifs is 1. The lowest BCUT2D eigenvalue weighted by molar-refractivity contribution is -0.137. The van der Waals surface area contributed by atoms with E-state index in [0.717, 1.165) is 12.1 Å². The first-order chi connectivity index (χ1) is 10.9. The highest BCUT2D eigenvalue weighted by Crippen LogP contribution is 2.37. The van der Waals surface area contributed by atoms with Gasteiger partial charge in [-0.2, -0.15) is 13.2 Å². The average Bonchev–Trinajstić information content (AvgIpc) is 2.51. The van der Waals surface area contributed by atoms with Gasteiger partial charge in [-0.3, -0.25) is 4.90 Å². The van der Waals surface area contributed by atoms with Crippen LogP contribution in [0.25, 0.3) is 0 Å². The van der Waals surface area contributed by atoms with Crippen molar-refractivity contribution in [2.24, 2.45) is 0 Å². The molecule has 0 radical (unpaired) electrons. The zero-order valence-electron chi connectivity index (χ0n) is 13.2. The lowest BCUT2D eigenvalue weighted by Crippen LogP contribution is -2.46. The number of hydrogen-bond acceptors (Lipinski definition) is 3. The molecule has 0 N–H and O–H groups in total. The number of aryl methyl sites for hydroxylation is 1. The Hall–Kier alpha value is -1.76. The van der Waals surface area contributed by atoms with E-state index in [1.165, 1.54) is 18.1 Å². The van der Waals surface area contributed by atoms with Gasteiger partial charge in [-0.1, -0.05) is 6.92 Å². The first-order valence-electron chi connectivity index (χ1n) is 7.53. The van der Waals surface area contributed by atoms with Gasteiger partial charge in [0.1, 0.15) is 0 Å². The lowest BCUT2D eigenvalue weighted by atomic mass is 9.94. The fourth-order valence-electron chi connectivity index (χ4n) is 2.70. The van der Waals surface area contributed by atoms with E-state index < -0.39 is 17.8 Å². The van der Waals surface area contributed by atoms with Crippen LogP contribution in [0.1, 0.15) is 30.9 Å². The second-order valence-electron chi connectivity index (χ2n) is 5.47. The largest absolute Gasteiger partial charge is 0.449 e. The van der Waals surface area contributed by atoms with E-state index in [2.05, 4.69) is 0 Å². The first kappa shape index (κ1) is 17.6. The third-order valence-corrected chi connectivity index (χ3v) is 3.76. The minimum absolute atomic E-state index is 0.242.